The molecule has 0 saturated carbocycles. The number of rotatable bonds is 3. The number of carbonyl (C=O) groups is 1. The van der Waals surface area contributed by atoms with E-state index in [9.17, 15) is 10.1 Å². The van der Waals surface area contributed by atoms with Crippen LogP contribution in [0.5, 0.6) is 5.75 Å². The molecule has 0 radical (unpaired) electrons. The van der Waals surface area contributed by atoms with Gasteiger partial charge in [0.1, 0.15) is 5.75 Å². The first-order valence-electron chi connectivity index (χ1n) is 8.88. The number of piperazine rings is 1. The van der Waals surface area contributed by atoms with Crippen LogP contribution in [0.25, 0.3) is 10.9 Å². The lowest BCUT2D eigenvalue weighted by Crippen LogP contribution is -2.48. The normalized spacial score (nSPS) is 16.9. The number of fused-ring (bicyclic) bond motifs is 1. The predicted molar refractivity (Wildman–Crippen MR) is 103 cm³/mol. The number of hydrogen-bond donors (Lipinski definition) is 2. The second kappa shape index (κ2) is 7.14. The third kappa shape index (κ3) is 3.14. The number of nitriles is 1. The topological polar surface area (TPSA) is 81.2 Å². The largest absolute Gasteiger partial charge is 0.497 e. The van der Waals surface area contributed by atoms with E-state index in [1.54, 1.807) is 19.4 Å². The number of nitrogens with one attached hydrogen (secondary N) is 2. The fourth-order valence-corrected chi connectivity index (χ4v) is 3.61. The van der Waals surface area contributed by atoms with E-state index in [0.717, 1.165) is 23.4 Å². The van der Waals surface area contributed by atoms with Crippen LogP contribution >= 0.6 is 0 Å². The van der Waals surface area contributed by atoms with Crippen LogP contribution in [0.3, 0.4) is 0 Å². The minimum atomic E-state index is -0.0519. The molecule has 136 valence electrons. The van der Waals surface area contributed by atoms with E-state index in [1.807, 2.05) is 41.3 Å². The van der Waals surface area contributed by atoms with Gasteiger partial charge in [-0.15, -0.1) is 0 Å². The van der Waals surface area contributed by atoms with Gasteiger partial charge >= 0.3 is 0 Å². The third-order valence-corrected chi connectivity index (χ3v) is 5.04. The van der Waals surface area contributed by atoms with Crippen molar-refractivity contribution in [2.75, 3.05) is 26.7 Å². The molecule has 6 heteroatoms. The molecule has 27 heavy (non-hydrogen) atoms. The zero-order valence-electron chi connectivity index (χ0n) is 15.0. The Labute approximate surface area is 157 Å². The number of methoxy groups -OCH3 is 1. The maximum absolute atomic E-state index is 13.2. The van der Waals surface area contributed by atoms with Crippen molar-refractivity contribution in [2.45, 2.75) is 6.04 Å². The highest BCUT2D eigenvalue weighted by atomic mass is 16.5. The third-order valence-electron chi connectivity index (χ3n) is 5.04. The summed E-state index contributed by atoms with van der Waals surface area (Å²) in [4.78, 5) is 18.1. The van der Waals surface area contributed by atoms with Crippen LogP contribution in [-0.2, 0) is 0 Å². The van der Waals surface area contributed by atoms with Gasteiger partial charge in [-0.2, -0.15) is 5.26 Å². The van der Waals surface area contributed by atoms with Gasteiger partial charge in [0.25, 0.3) is 5.91 Å². The Bertz CT molecular complexity index is 1020. The molecule has 0 aliphatic carbocycles. The Balaban J connectivity index is 1.60. The number of aromatic amines is 1. The van der Waals surface area contributed by atoms with E-state index in [0.29, 0.717) is 29.6 Å². The quantitative estimate of drug-likeness (QED) is 0.753. The Morgan fingerprint density at radius 3 is 2.81 bits per heavy atom. The van der Waals surface area contributed by atoms with E-state index in [1.165, 1.54) is 0 Å². The highest BCUT2D eigenvalue weighted by Crippen LogP contribution is 2.26. The van der Waals surface area contributed by atoms with Crippen molar-refractivity contribution in [3.8, 4) is 11.8 Å². The molecule has 1 fully saturated rings. The molecule has 1 unspecified atom stereocenters. The summed E-state index contributed by atoms with van der Waals surface area (Å²) in [5.41, 5.74) is 2.99. The second-order valence-corrected chi connectivity index (χ2v) is 6.57. The summed E-state index contributed by atoms with van der Waals surface area (Å²) < 4.78 is 5.21. The molecule has 2 heterocycles. The van der Waals surface area contributed by atoms with Crippen molar-refractivity contribution in [1.29, 1.82) is 5.26 Å². The summed E-state index contributed by atoms with van der Waals surface area (Å²) in [6.07, 6.45) is 1.71. The van der Waals surface area contributed by atoms with Crippen LogP contribution in [0.4, 0.5) is 0 Å². The molecule has 0 spiro atoms. The van der Waals surface area contributed by atoms with Crippen molar-refractivity contribution >= 4 is 16.8 Å². The number of carbonyl (C=O) groups excluding carboxylic acids is 1. The molecule has 1 atom stereocenters. The Hall–Kier alpha value is -3.30. The second-order valence-electron chi connectivity index (χ2n) is 6.57. The van der Waals surface area contributed by atoms with Gasteiger partial charge < -0.3 is 19.9 Å². The lowest BCUT2D eigenvalue weighted by Gasteiger charge is -2.34. The summed E-state index contributed by atoms with van der Waals surface area (Å²) in [5, 5.41) is 13.6. The standard InChI is InChI=1S/C21H20N4O2/c1-27-16-7-5-14(6-8-16)19-13-25(10-9-23-19)21(26)17-12-24-18-4-2-3-15(11-22)20(17)18/h2-8,12,19,23-24H,9-10,13H2,1H3. The number of nitrogens with zero attached hydrogens (tertiary/aromatic N) is 2. The van der Waals surface area contributed by atoms with E-state index < -0.39 is 0 Å². The van der Waals surface area contributed by atoms with Crippen molar-refractivity contribution in [3.05, 3.63) is 65.4 Å². The van der Waals surface area contributed by atoms with Gasteiger partial charge in [-0.25, -0.2) is 0 Å². The molecule has 1 aliphatic heterocycles. The number of H-pyrrole nitrogens is 1. The van der Waals surface area contributed by atoms with Gasteiger partial charge in [0, 0.05) is 42.8 Å². The molecule has 3 aromatic rings. The highest BCUT2D eigenvalue weighted by molar-refractivity contribution is 6.08. The molecule has 2 aromatic carbocycles. The van der Waals surface area contributed by atoms with E-state index in [2.05, 4.69) is 16.4 Å². The van der Waals surface area contributed by atoms with Crippen LogP contribution < -0.4 is 10.1 Å². The van der Waals surface area contributed by atoms with E-state index in [-0.39, 0.29) is 11.9 Å². The van der Waals surface area contributed by atoms with Gasteiger partial charge in [-0.3, -0.25) is 4.79 Å². The lowest BCUT2D eigenvalue weighted by atomic mass is 10.0. The van der Waals surface area contributed by atoms with E-state index >= 15 is 0 Å². The first-order valence-corrected chi connectivity index (χ1v) is 8.88. The molecule has 1 aliphatic rings. The molecule has 1 aromatic heterocycles. The summed E-state index contributed by atoms with van der Waals surface area (Å²) in [6.45, 7) is 1.93. The zero-order chi connectivity index (χ0) is 18.8. The van der Waals surface area contributed by atoms with Crippen LogP contribution in [0.2, 0.25) is 0 Å². The Morgan fingerprint density at radius 2 is 2.07 bits per heavy atom. The molecule has 4 rings (SSSR count). The van der Waals surface area contributed by atoms with Crippen LogP contribution in [0.15, 0.2) is 48.7 Å². The average molecular weight is 360 g/mol. The maximum atomic E-state index is 13.2. The molecular weight excluding hydrogens is 340 g/mol. The van der Waals surface area contributed by atoms with Crippen LogP contribution in [0.1, 0.15) is 27.5 Å². The average Bonchev–Trinajstić information content (AvgIpc) is 3.17. The molecular formula is C21H20N4O2. The van der Waals surface area contributed by atoms with Crippen LogP contribution in [-0.4, -0.2) is 42.5 Å². The minimum Gasteiger partial charge on any atom is -0.497 e. The van der Waals surface area contributed by atoms with Crippen molar-refractivity contribution in [2.24, 2.45) is 0 Å². The molecule has 0 bridgehead atoms. The lowest BCUT2D eigenvalue weighted by molar-refractivity contribution is 0.0705. The first kappa shape index (κ1) is 17.1. The number of ether oxygens (including phenoxy) is 1. The highest BCUT2D eigenvalue weighted by Gasteiger charge is 2.27. The van der Waals surface area contributed by atoms with Gasteiger partial charge in [0.15, 0.2) is 0 Å². The maximum Gasteiger partial charge on any atom is 0.256 e. The molecule has 1 saturated heterocycles. The van der Waals surface area contributed by atoms with Gasteiger partial charge in [0.05, 0.1) is 24.3 Å². The predicted octanol–water partition coefficient (Wildman–Crippen LogP) is 2.83. The zero-order valence-corrected chi connectivity index (χ0v) is 15.0. The van der Waals surface area contributed by atoms with Gasteiger partial charge in [-0.1, -0.05) is 18.2 Å². The number of benzene rings is 2. The summed E-state index contributed by atoms with van der Waals surface area (Å²) in [5.74, 6) is 0.759. The van der Waals surface area contributed by atoms with Crippen molar-refractivity contribution < 1.29 is 9.53 Å². The SMILES string of the molecule is COc1ccc(C2CN(C(=O)c3c[nH]c4cccc(C#N)c34)CCN2)cc1. The summed E-state index contributed by atoms with van der Waals surface area (Å²) in [7, 11) is 1.64. The smallest absolute Gasteiger partial charge is 0.256 e. The molecule has 1 amide bonds. The first-order chi connectivity index (χ1) is 13.2. The van der Waals surface area contributed by atoms with E-state index in [4.69, 9.17) is 4.74 Å². The number of hydrogen-bond acceptors (Lipinski definition) is 4. The van der Waals surface area contributed by atoms with Crippen LogP contribution in [0, 0.1) is 11.3 Å². The fraction of sp³-hybridized carbons (Fsp3) is 0.238. The molecule has 6 nitrogen and oxygen atoms in total. The van der Waals surface area contributed by atoms with Gasteiger partial charge in [-0.05, 0) is 29.8 Å². The summed E-state index contributed by atoms with van der Waals surface area (Å²) in [6, 6.07) is 15.6. The molecule has 2 N–H and O–H groups in total. The van der Waals surface area contributed by atoms with Crippen molar-refractivity contribution in [3.63, 3.8) is 0 Å². The minimum absolute atomic E-state index is 0.0519. The number of amides is 1. The van der Waals surface area contributed by atoms with Gasteiger partial charge in [0.2, 0.25) is 0 Å². The number of aromatic nitrogens is 1. The fourth-order valence-electron chi connectivity index (χ4n) is 3.61. The van der Waals surface area contributed by atoms with Crippen molar-refractivity contribution in [1.82, 2.24) is 15.2 Å². The Morgan fingerprint density at radius 1 is 1.26 bits per heavy atom. The Kier molecular flexibility index (Phi) is 4.53. The monoisotopic (exact) mass is 360 g/mol. The summed E-state index contributed by atoms with van der Waals surface area (Å²) >= 11 is 0.